The number of carbonyl (C=O) groups is 1. The lowest BCUT2D eigenvalue weighted by Crippen LogP contribution is -2.13. The lowest BCUT2D eigenvalue weighted by Gasteiger charge is -2.13. The van der Waals surface area contributed by atoms with E-state index in [0.717, 1.165) is 28.3 Å². The first kappa shape index (κ1) is 17.5. The van der Waals surface area contributed by atoms with Gasteiger partial charge >= 0.3 is 0 Å². The molecule has 2 aromatic carbocycles. The second kappa shape index (κ2) is 7.70. The van der Waals surface area contributed by atoms with Crippen LogP contribution in [0.3, 0.4) is 0 Å². The number of nitrogens with zero attached hydrogens (tertiary/aromatic N) is 1. The maximum Gasteiger partial charge on any atom is 0.274 e. The number of methoxy groups -OCH3 is 1. The van der Waals surface area contributed by atoms with Crippen LogP contribution in [0.1, 0.15) is 21.6 Å². The third-order valence-electron chi connectivity index (χ3n) is 4.09. The highest BCUT2D eigenvalue weighted by atomic mass is 16.5. The Morgan fingerprint density at radius 2 is 1.65 bits per heavy atom. The number of nitrogens with one attached hydrogen (secondary N) is 2. The Balaban J connectivity index is 1.76. The van der Waals surface area contributed by atoms with E-state index in [2.05, 4.69) is 15.6 Å². The zero-order chi connectivity index (χ0) is 18.5. The van der Waals surface area contributed by atoms with E-state index in [-0.39, 0.29) is 5.91 Å². The van der Waals surface area contributed by atoms with Gasteiger partial charge in [0.1, 0.15) is 11.4 Å². The summed E-state index contributed by atoms with van der Waals surface area (Å²) in [5.41, 5.74) is 5.18. The van der Waals surface area contributed by atoms with Crippen molar-refractivity contribution >= 4 is 23.0 Å². The predicted molar refractivity (Wildman–Crippen MR) is 104 cm³/mol. The van der Waals surface area contributed by atoms with Crippen molar-refractivity contribution < 1.29 is 9.53 Å². The van der Waals surface area contributed by atoms with Crippen molar-refractivity contribution in [2.24, 2.45) is 0 Å². The largest absolute Gasteiger partial charge is 0.497 e. The number of amides is 1. The summed E-state index contributed by atoms with van der Waals surface area (Å²) in [6.45, 7) is 4.10. The minimum atomic E-state index is -0.264. The lowest BCUT2D eigenvalue weighted by atomic mass is 10.1. The number of rotatable bonds is 5. The Bertz CT molecular complexity index is 901. The van der Waals surface area contributed by atoms with Crippen LogP contribution in [0.5, 0.6) is 5.75 Å². The van der Waals surface area contributed by atoms with Gasteiger partial charge in [0, 0.05) is 23.3 Å². The molecule has 0 unspecified atom stereocenters. The number of ether oxygens (including phenoxy) is 1. The molecule has 0 saturated carbocycles. The number of carbonyl (C=O) groups excluding carboxylic acids is 1. The molecule has 1 aromatic heterocycles. The maximum atomic E-state index is 12.5. The molecule has 0 spiro atoms. The Morgan fingerprint density at radius 3 is 2.31 bits per heavy atom. The van der Waals surface area contributed by atoms with Crippen LogP contribution in [-0.2, 0) is 0 Å². The molecule has 5 heteroatoms. The van der Waals surface area contributed by atoms with Gasteiger partial charge in [-0.05, 0) is 61.4 Å². The van der Waals surface area contributed by atoms with Gasteiger partial charge in [0.05, 0.1) is 7.11 Å². The van der Waals surface area contributed by atoms with Crippen LogP contribution in [0.25, 0.3) is 0 Å². The number of aryl methyl sites for hydroxylation is 2. The number of aromatic nitrogens is 1. The number of anilines is 3. The van der Waals surface area contributed by atoms with E-state index in [4.69, 9.17) is 4.74 Å². The fourth-order valence-electron chi connectivity index (χ4n) is 2.66. The molecule has 0 fully saturated rings. The standard InChI is InChI=1S/C21H21N3O2/c1-14-5-4-6-15(2)20(14)23-17-11-12-22-19(13-17)21(25)24-16-7-9-18(26-3)10-8-16/h4-13H,1-3H3,(H,22,23)(H,24,25). The highest BCUT2D eigenvalue weighted by Crippen LogP contribution is 2.24. The van der Waals surface area contributed by atoms with E-state index >= 15 is 0 Å². The van der Waals surface area contributed by atoms with Gasteiger partial charge in [-0.25, -0.2) is 0 Å². The molecule has 0 bridgehead atoms. The van der Waals surface area contributed by atoms with Crippen LogP contribution >= 0.6 is 0 Å². The minimum absolute atomic E-state index is 0.264. The number of benzene rings is 2. The molecule has 1 heterocycles. The summed E-state index contributed by atoms with van der Waals surface area (Å²) in [4.78, 5) is 16.7. The van der Waals surface area contributed by atoms with Gasteiger partial charge < -0.3 is 15.4 Å². The Kier molecular flexibility index (Phi) is 5.17. The topological polar surface area (TPSA) is 63.2 Å². The minimum Gasteiger partial charge on any atom is -0.497 e. The Labute approximate surface area is 153 Å². The first-order valence-electron chi connectivity index (χ1n) is 8.31. The molecule has 1 amide bonds. The summed E-state index contributed by atoms with van der Waals surface area (Å²) in [5, 5.41) is 6.22. The summed E-state index contributed by atoms with van der Waals surface area (Å²) >= 11 is 0. The molecule has 5 nitrogen and oxygen atoms in total. The van der Waals surface area contributed by atoms with Gasteiger partial charge in [0.15, 0.2) is 0 Å². The zero-order valence-electron chi connectivity index (χ0n) is 15.0. The van der Waals surface area contributed by atoms with Crippen molar-refractivity contribution in [1.29, 1.82) is 0 Å². The van der Waals surface area contributed by atoms with Crippen LogP contribution in [0.4, 0.5) is 17.1 Å². The normalized spacial score (nSPS) is 10.3. The highest BCUT2D eigenvalue weighted by Gasteiger charge is 2.10. The molecule has 0 aliphatic rings. The first-order valence-corrected chi connectivity index (χ1v) is 8.31. The first-order chi connectivity index (χ1) is 12.6. The van der Waals surface area contributed by atoms with Crippen LogP contribution in [0, 0.1) is 13.8 Å². The number of hydrogen-bond acceptors (Lipinski definition) is 4. The fourth-order valence-corrected chi connectivity index (χ4v) is 2.66. The fraction of sp³-hybridized carbons (Fsp3) is 0.143. The average molecular weight is 347 g/mol. The number of hydrogen-bond donors (Lipinski definition) is 2. The van der Waals surface area contributed by atoms with Crippen molar-refractivity contribution in [2.75, 3.05) is 17.7 Å². The summed E-state index contributed by atoms with van der Waals surface area (Å²) in [6.07, 6.45) is 1.62. The quantitative estimate of drug-likeness (QED) is 0.702. The van der Waals surface area contributed by atoms with Gasteiger partial charge in [-0.15, -0.1) is 0 Å². The van der Waals surface area contributed by atoms with Gasteiger partial charge in [0.25, 0.3) is 5.91 Å². The van der Waals surface area contributed by atoms with Gasteiger partial charge in [-0.2, -0.15) is 0 Å². The zero-order valence-corrected chi connectivity index (χ0v) is 15.0. The van der Waals surface area contributed by atoms with Gasteiger partial charge in [-0.3, -0.25) is 9.78 Å². The molecule has 0 aliphatic carbocycles. The van der Waals surface area contributed by atoms with E-state index < -0.39 is 0 Å². The molecular weight excluding hydrogens is 326 g/mol. The number of pyridine rings is 1. The van der Waals surface area contributed by atoms with Gasteiger partial charge in [0.2, 0.25) is 0 Å². The molecule has 0 saturated heterocycles. The molecule has 0 aliphatic heterocycles. The molecule has 132 valence electrons. The van der Waals surface area contributed by atoms with Crippen molar-refractivity contribution in [1.82, 2.24) is 4.98 Å². The summed E-state index contributed by atoms with van der Waals surface area (Å²) in [5.74, 6) is 0.473. The third kappa shape index (κ3) is 4.00. The van der Waals surface area contributed by atoms with E-state index in [9.17, 15) is 4.79 Å². The van der Waals surface area contributed by atoms with Crippen molar-refractivity contribution in [3.63, 3.8) is 0 Å². The molecule has 3 aromatic rings. The summed E-state index contributed by atoms with van der Waals surface area (Å²) in [7, 11) is 1.60. The molecule has 26 heavy (non-hydrogen) atoms. The average Bonchev–Trinajstić information content (AvgIpc) is 2.66. The second-order valence-electron chi connectivity index (χ2n) is 6.00. The summed E-state index contributed by atoms with van der Waals surface area (Å²) in [6, 6.07) is 16.9. The van der Waals surface area contributed by atoms with Crippen LogP contribution < -0.4 is 15.4 Å². The van der Waals surface area contributed by atoms with E-state index in [1.807, 2.05) is 38.1 Å². The van der Waals surface area contributed by atoms with Crippen molar-refractivity contribution in [2.45, 2.75) is 13.8 Å². The Morgan fingerprint density at radius 1 is 0.962 bits per heavy atom. The smallest absolute Gasteiger partial charge is 0.274 e. The molecule has 0 radical (unpaired) electrons. The van der Waals surface area contributed by atoms with E-state index in [0.29, 0.717) is 11.4 Å². The SMILES string of the molecule is COc1ccc(NC(=O)c2cc(Nc3c(C)cccc3C)ccn2)cc1. The van der Waals surface area contributed by atoms with E-state index in [1.165, 1.54) is 0 Å². The van der Waals surface area contributed by atoms with Crippen LogP contribution in [0.15, 0.2) is 60.8 Å². The molecule has 2 N–H and O–H groups in total. The second-order valence-corrected chi connectivity index (χ2v) is 6.00. The molecule has 3 rings (SSSR count). The highest BCUT2D eigenvalue weighted by molar-refractivity contribution is 6.03. The molecule has 0 atom stereocenters. The lowest BCUT2D eigenvalue weighted by molar-refractivity contribution is 0.102. The predicted octanol–water partition coefficient (Wildman–Crippen LogP) is 4.70. The number of para-hydroxylation sites is 1. The monoisotopic (exact) mass is 347 g/mol. The van der Waals surface area contributed by atoms with Crippen molar-refractivity contribution in [3.05, 3.63) is 77.6 Å². The van der Waals surface area contributed by atoms with E-state index in [1.54, 1.807) is 43.6 Å². The molecular formula is C21H21N3O2. The third-order valence-corrected chi connectivity index (χ3v) is 4.09. The maximum absolute atomic E-state index is 12.5. The Hall–Kier alpha value is -3.34. The summed E-state index contributed by atoms with van der Waals surface area (Å²) < 4.78 is 5.12. The van der Waals surface area contributed by atoms with Crippen LogP contribution in [-0.4, -0.2) is 18.0 Å². The van der Waals surface area contributed by atoms with Gasteiger partial charge in [-0.1, -0.05) is 18.2 Å². The van der Waals surface area contributed by atoms with Crippen LogP contribution in [0.2, 0.25) is 0 Å². The van der Waals surface area contributed by atoms with Crippen molar-refractivity contribution in [3.8, 4) is 5.75 Å².